The molecule has 3 atom stereocenters. The number of aromatic nitrogens is 1. The zero-order valence-corrected chi connectivity index (χ0v) is 11.9. The molecule has 3 amide bonds. The van der Waals surface area contributed by atoms with E-state index in [1.807, 2.05) is 24.3 Å². The standard InChI is InChI=1S/C17H15N3O2/c21-16-15-10-5-7-11(8-6-10)19(15)17(22)20(16)14-9-18-13-4-2-1-3-12(13)14/h1-5,7,9-11,15,18H,6,8H2/t10?,11?,15-/m0/s1. The summed E-state index contributed by atoms with van der Waals surface area (Å²) in [5, 5.41) is 0.907. The van der Waals surface area contributed by atoms with E-state index in [0.29, 0.717) is 5.69 Å². The van der Waals surface area contributed by atoms with E-state index in [2.05, 4.69) is 17.1 Å². The van der Waals surface area contributed by atoms with E-state index in [9.17, 15) is 9.59 Å². The predicted molar refractivity (Wildman–Crippen MR) is 82.5 cm³/mol. The molecule has 1 N–H and O–H groups in total. The minimum Gasteiger partial charge on any atom is -0.359 e. The van der Waals surface area contributed by atoms with E-state index in [-0.39, 0.29) is 29.9 Å². The molecule has 3 aliphatic heterocycles. The molecular weight excluding hydrogens is 278 g/mol. The van der Waals surface area contributed by atoms with Crippen molar-refractivity contribution in [1.29, 1.82) is 0 Å². The Kier molecular flexibility index (Phi) is 2.19. The highest BCUT2D eigenvalue weighted by atomic mass is 16.2. The number of amides is 3. The van der Waals surface area contributed by atoms with Crippen molar-refractivity contribution in [3.63, 3.8) is 0 Å². The normalized spacial score (nSPS) is 29.7. The van der Waals surface area contributed by atoms with Gasteiger partial charge in [0.05, 0.1) is 11.7 Å². The van der Waals surface area contributed by atoms with Gasteiger partial charge in [0.1, 0.15) is 6.04 Å². The van der Waals surface area contributed by atoms with E-state index >= 15 is 0 Å². The predicted octanol–water partition coefficient (Wildman–Crippen LogP) is 2.65. The largest absolute Gasteiger partial charge is 0.359 e. The van der Waals surface area contributed by atoms with Crippen molar-refractivity contribution < 1.29 is 9.59 Å². The third-order valence-electron chi connectivity index (χ3n) is 5.13. The molecule has 5 heteroatoms. The number of fused-ring (bicyclic) bond motifs is 2. The zero-order valence-electron chi connectivity index (χ0n) is 11.9. The van der Waals surface area contributed by atoms with Crippen LogP contribution in [0.3, 0.4) is 0 Å². The Labute approximate surface area is 127 Å². The van der Waals surface area contributed by atoms with Crippen LogP contribution in [0.1, 0.15) is 12.8 Å². The molecule has 0 saturated carbocycles. The summed E-state index contributed by atoms with van der Waals surface area (Å²) in [6.07, 6.45) is 7.89. The molecule has 6 rings (SSSR count). The van der Waals surface area contributed by atoms with Crippen LogP contribution in [-0.4, -0.2) is 33.9 Å². The maximum atomic E-state index is 12.9. The molecule has 4 heterocycles. The van der Waals surface area contributed by atoms with Crippen LogP contribution in [0.15, 0.2) is 42.6 Å². The summed E-state index contributed by atoms with van der Waals surface area (Å²) in [5.74, 6) is 0.0745. The highest BCUT2D eigenvalue weighted by Gasteiger charge is 2.55. The SMILES string of the molecule is O=C1[C@@H]2C3C=CC(CC3)N2C(=O)N1c1c[nH]c2ccccc12. The second-order valence-corrected chi connectivity index (χ2v) is 6.22. The van der Waals surface area contributed by atoms with Crippen molar-refractivity contribution in [2.75, 3.05) is 4.90 Å². The van der Waals surface area contributed by atoms with Crippen molar-refractivity contribution >= 4 is 28.5 Å². The lowest BCUT2D eigenvalue weighted by atomic mass is 9.80. The number of para-hydroxylation sites is 1. The fourth-order valence-corrected chi connectivity index (χ4v) is 4.10. The first kappa shape index (κ1) is 12.0. The van der Waals surface area contributed by atoms with Gasteiger partial charge in [-0.3, -0.25) is 4.79 Å². The smallest absolute Gasteiger partial charge is 0.332 e. The molecule has 5 nitrogen and oxygen atoms in total. The summed E-state index contributed by atoms with van der Waals surface area (Å²) >= 11 is 0. The van der Waals surface area contributed by atoms with Gasteiger partial charge in [-0.25, -0.2) is 9.69 Å². The van der Waals surface area contributed by atoms with E-state index in [1.54, 1.807) is 11.1 Å². The topological polar surface area (TPSA) is 56.4 Å². The molecule has 2 aromatic rings. The lowest BCUT2D eigenvalue weighted by Gasteiger charge is -2.41. The van der Waals surface area contributed by atoms with Gasteiger partial charge in [0.2, 0.25) is 0 Å². The van der Waals surface area contributed by atoms with Crippen LogP contribution in [0, 0.1) is 5.92 Å². The van der Waals surface area contributed by atoms with Crippen LogP contribution in [0.2, 0.25) is 0 Å². The van der Waals surface area contributed by atoms with Gasteiger partial charge < -0.3 is 9.88 Å². The first-order chi connectivity index (χ1) is 10.8. The van der Waals surface area contributed by atoms with E-state index < -0.39 is 0 Å². The van der Waals surface area contributed by atoms with Crippen LogP contribution in [0.25, 0.3) is 10.9 Å². The Morgan fingerprint density at radius 2 is 1.95 bits per heavy atom. The number of rotatable bonds is 1. The average Bonchev–Trinajstić information content (AvgIpc) is 3.10. The quantitative estimate of drug-likeness (QED) is 0.649. The number of urea groups is 1. The number of carbonyl (C=O) groups excluding carboxylic acids is 2. The molecule has 1 aliphatic carbocycles. The number of nitrogens with one attached hydrogen (secondary N) is 1. The monoisotopic (exact) mass is 293 g/mol. The number of aromatic amines is 1. The van der Waals surface area contributed by atoms with E-state index in [1.165, 1.54) is 4.90 Å². The summed E-state index contributed by atoms with van der Waals surface area (Å²) in [6.45, 7) is 0. The van der Waals surface area contributed by atoms with Gasteiger partial charge in [0.25, 0.3) is 5.91 Å². The lowest BCUT2D eigenvalue weighted by molar-refractivity contribution is -0.122. The maximum Gasteiger partial charge on any atom is 0.332 e. The first-order valence-electron chi connectivity index (χ1n) is 7.66. The number of hydrogen-bond acceptors (Lipinski definition) is 2. The molecule has 2 bridgehead atoms. The van der Waals surface area contributed by atoms with Gasteiger partial charge >= 0.3 is 6.03 Å². The molecular formula is C17H15N3O2. The summed E-state index contributed by atoms with van der Waals surface area (Å²) < 4.78 is 0. The molecule has 22 heavy (non-hydrogen) atoms. The molecule has 2 unspecified atom stereocenters. The van der Waals surface area contributed by atoms with E-state index in [0.717, 1.165) is 23.7 Å². The minimum absolute atomic E-state index is 0.0710. The number of benzene rings is 1. The molecule has 1 aromatic heterocycles. The Morgan fingerprint density at radius 3 is 2.73 bits per heavy atom. The van der Waals surface area contributed by atoms with Gasteiger partial charge in [-0.05, 0) is 18.9 Å². The number of imide groups is 1. The third-order valence-corrected chi connectivity index (χ3v) is 5.13. The molecule has 4 aliphatic rings. The van der Waals surface area contributed by atoms with Gasteiger partial charge in [-0.1, -0.05) is 30.4 Å². The molecule has 0 radical (unpaired) electrons. The van der Waals surface area contributed by atoms with Crippen LogP contribution in [0.5, 0.6) is 0 Å². The fraction of sp³-hybridized carbons (Fsp3) is 0.294. The summed E-state index contributed by atoms with van der Waals surface area (Å²) in [5.41, 5.74) is 1.60. The summed E-state index contributed by atoms with van der Waals surface area (Å²) in [7, 11) is 0. The van der Waals surface area contributed by atoms with E-state index in [4.69, 9.17) is 0 Å². The number of hydrogen-bond donors (Lipinski definition) is 1. The van der Waals surface area contributed by atoms with Crippen LogP contribution < -0.4 is 4.90 Å². The van der Waals surface area contributed by atoms with Crippen LogP contribution >= 0.6 is 0 Å². The Hall–Kier alpha value is -2.56. The number of H-pyrrole nitrogens is 1. The van der Waals surface area contributed by atoms with Crippen LogP contribution in [0.4, 0.5) is 10.5 Å². The molecule has 1 aromatic carbocycles. The molecule has 2 saturated heterocycles. The van der Waals surface area contributed by atoms with Crippen molar-refractivity contribution in [2.24, 2.45) is 5.92 Å². The lowest BCUT2D eigenvalue weighted by Crippen LogP contribution is -2.52. The van der Waals surface area contributed by atoms with Gasteiger partial charge in [0, 0.05) is 23.0 Å². The average molecular weight is 293 g/mol. The van der Waals surface area contributed by atoms with Gasteiger partial charge in [-0.15, -0.1) is 0 Å². The summed E-state index contributed by atoms with van der Waals surface area (Å²) in [4.78, 5) is 32.0. The second kappa shape index (κ2) is 4.00. The minimum atomic E-state index is -0.315. The van der Waals surface area contributed by atoms with Crippen molar-refractivity contribution in [3.05, 3.63) is 42.6 Å². The zero-order chi connectivity index (χ0) is 14.8. The maximum absolute atomic E-state index is 12.9. The number of anilines is 1. The Bertz CT molecular complexity index is 805. The fourth-order valence-electron chi connectivity index (χ4n) is 4.10. The number of carbonyl (C=O) groups is 2. The highest BCUT2D eigenvalue weighted by Crippen LogP contribution is 2.42. The third kappa shape index (κ3) is 1.33. The Morgan fingerprint density at radius 1 is 1.09 bits per heavy atom. The summed E-state index contributed by atoms with van der Waals surface area (Å²) in [6, 6.07) is 7.31. The first-order valence-corrected chi connectivity index (χ1v) is 7.66. The van der Waals surface area contributed by atoms with Crippen molar-refractivity contribution in [1.82, 2.24) is 9.88 Å². The van der Waals surface area contributed by atoms with Gasteiger partial charge in [0.15, 0.2) is 0 Å². The number of piperidine rings is 1. The Balaban J connectivity index is 1.65. The molecule has 2 fully saturated rings. The molecule has 110 valence electrons. The molecule has 0 spiro atoms. The van der Waals surface area contributed by atoms with Crippen molar-refractivity contribution in [3.8, 4) is 0 Å². The second-order valence-electron chi connectivity index (χ2n) is 6.22. The highest BCUT2D eigenvalue weighted by molar-refractivity contribution is 6.24. The van der Waals surface area contributed by atoms with Crippen LogP contribution in [-0.2, 0) is 4.79 Å². The van der Waals surface area contributed by atoms with Gasteiger partial charge in [-0.2, -0.15) is 0 Å². The van der Waals surface area contributed by atoms with Crippen molar-refractivity contribution in [2.45, 2.75) is 24.9 Å². The number of nitrogens with zero attached hydrogens (tertiary/aromatic N) is 2.